The summed E-state index contributed by atoms with van der Waals surface area (Å²) in [5.74, 6) is 0. The maximum Gasteiger partial charge on any atom is 0.0930 e. The van der Waals surface area contributed by atoms with E-state index in [1.165, 1.54) is 6.08 Å². The summed E-state index contributed by atoms with van der Waals surface area (Å²) in [5.41, 5.74) is 1.32. The van der Waals surface area contributed by atoms with Crippen LogP contribution in [0.1, 0.15) is 26.7 Å². The molecule has 82 valence electrons. The van der Waals surface area contributed by atoms with Crippen molar-refractivity contribution < 1.29 is 0 Å². The molecule has 0 amide bonds. The molecule has 0 N–H and O–H groups in total. The van der Waals surface area contributed by atoms with Crippen molar-refractivity contribution in [1.29, 1.82) is 15.8 Å². The van der Waals surface area contributed by atoms with Gasteiger partial charge in [-0.1, -0.05) is 0 Å². The Balaban J connectivity index is 4.77. The van der Waals surface area contributed by atoms with Crippen LogP contribution in [-0.2, 0) is 0 Å². The number of hydrogen-bond donors (Lipinski definition) is 0. The first-order valence-corrected chi connectivity index (χ1v) is 4.77. The van der Waals surface area contributed by atoms with E-state index in [4.69, 9.17) is 15.8 Å². The van der Waals surface area contributed by atoms with E-state index < -0.39 is 0 Å². The van der Waals surface area contributed by atoms with Crippen LogP contribution in [0.2, 0.25) is 0 Å². The molecule has 0 unspecified atom stereocenters. The zero-order valence-corrected chi connectivity index (χ0v) is 9.43. The van der Waals surface area contributed by atoms with Gasteiger partial charge in [-0.25, -0.2) is 0 Å². The quantitative estimate of drug-likeness (QED) is 0.398. The SMILES string of the molecule is C/C(=C\C#N)N(CCC#N)/N=C(\C)CC#N. The molecule has 0 fully saturated rings. The second kappa shape index (κ2) is 8.03. The van der Waals surface area contributed by atoms with Gasteiger partial charge in [0.15, 0.2) is 0 Å². The van der Waals surface area contributed by atoms with Crippen LogP contribution in [0.3, 0.4) is 0 Å². The molecule has 0 saturated heterocycles. The first kappa shape index (κ1) is 13.7. The summed E-state index contributed by atoms with van der Waals surface area (Å²) in [4.78, 5) is 0. The van der Waals surface area contributed by atoms with E-state index in [-0.39, 0.29) is 6.42 Å². The molecule has 0 aliphatic heterocycles. The van der Waals surface area contributed by atoms with E-state index in [0.29, 0.717) is 24.4 Å². The summed E-state index contributed by atoms with van der Waals surface area (Å²) in [6.07, 6.45) is 1.92. The summed E-state index contributed by atoms with van der Waals surface area (Å²) in [6, 6.07) is 5.92. The van der Waals surface area contributed by atoms with Crippen LogP contribution in [0, 0.1) is 34.0 Å². The van der Waals surface area contributed by atoms with E-state index in [0.717, 1.165) is 0 Å². The lowest BCUT2D eigenvalue weighted by Crippen LogP contribution is -2.18. The number of allylic oxidation sites excluding steroid dienone is 2. The van der Waals surface area contributed by atoms with Crippen molar-refractivity contribution in [3.8, 4) is 18.2 Å². The summed E-state index contributed by atoms with van der Waals surface area (Å²) >= 11 is 0. The summed E-state index contributed by atoms with van der Waals surface area (Å²) in [7, 11) is 0. The molecule has 0 aromatic heterocycles. The minimum Gasteiger partial charge on any atom is -0.268 e. The van der Waals surface area contributed by atoms with E-state index in [9.17, 15) is 0 Å². The lowest BCUT2D eigenvalue weighted by atomic mass is 10.3. The minimum atomic E-state index is 0.239. The van der Waals surface area contributed by atoms with Gasteiger partial charge < -0.3 is 0 Å². The van der Waals surface area contributed by atoms with Gasteiger partial charge in [-0.3, -0.25) is 5.01 Å². The van der Waals surface area contributed by atoms with Gasteiger partial charge in [-0.2, -0.15) is 20.9 Å². The molecule has 0 saturated carbocycles. The normalized spacial score (nSPS) is 11.2. The first-order chi connectivity index (χ1) is 7.65. The van der Waals surface area contributed by atoms with Gasteiger partial charge in [0.1, 0.15) is 0 Å². The van der Waals surface area contributed by atoms with Crippen LogP contribution in [0.4, 0.5) is 0 Å². The van der Waals surface area contributed by atoms with E-state index in [1.807, 2.05) is 18.2 Å². The van der Waals surface area contributed by atoms with Crippen molar-refractivity contribution in [3.63, 3.8) is 0 Å². The minimum absolute atomic E-state index is 0.239. The number of rotatable bonds is 5. The second-order valence-electron chi connectivity index (χ2n) is 3.12. The van der Waals surface area contributed by atoms with Crippen molar-refractivity contribution in [3.05, 3.63) is 11.8 Å². The molecular weight excluding hydrogens is 202 g/mol. The van der Waals surface area contributed by atoms with Gasteiger partial charge in [-0.15, -0.1) is 0 Å². The number of nitrogens with zero attached hydrogens (tertiary/aromatic N) is 5. The molecule has 16 heavy (non-hydrogen) atoms. The smallest absolute Gasteiger partial charge is 0.0930 e. The largest absolute Gasteiger partial charge is 0.268 e. The second-order valence-corrected chi connectivity index (χ2v) is 3.12. The predicted octanol–water partition coefficient (Wildman–Crippen LogP) is 1.92. The average Bonchev–Trinajstić information content (AvgIpc) is 2.24. The van der Waals surface area contributed by atoms with E-state index in [1.54, 1.807) is 18.9 Å². The monoisotopic (exact) mass is 215 g/mol. The molecule has 0 aromatic carbocycles. The van der Waals surface area contributed by atoms with Crippen molar-refractivity contribution in [2.45, 2.75) is 26.7 Å². The first-order valence-electron chi connectivity index (χ1n) is 4.77. The molecule has 0 spiro atoms. The van der Waals surface area contributed by atoms with E-state index in [2.05, 4.69) is 5.10 Å². The molecule has 5 nitrogen and oxygen atoms in total. The Bertz CT molecular complexity index is 400. The molecule has 5 heteroatoms. The molecule has 0 aromatic rings. The lowest BCUT2D eigenvalue weighted by molar-refractivity contribution is 0.373. The Hall–Kier alpha value is -2.32. The Morgan fingerprint density at radius 1 is 1.25 bits per heavy atom. The third-order valence-electron chi connectivity index (χ3n) is 1.74. The summed E-state index contributed by atoms with van der Waals surface area (Å²) in [5, 5.41) is 31.3. The fourth-order valence-electron chi connectivity index (χ4n) is 0.985. The average molecular weight is 215 g/mol. The molecule has 0 atom stereocenters. The number of nitriles is 3. The van der Waals surface area contributed by atoms with Crippen molar-refractivity contribution in [1.82, 2.24) is 5.01 Å². The van der Waals surface area contributed by atoms with Crippen LogP contribution >= 0.6 is 0 Å². The zero-order valence-electron chi connectivity index (χ0n) is 9.43. The molecule has 0 heterocycles. The van der Waals surface area contributed by atoms with Crippen molar-refractivity contribution >= 4 is 5.71 Å². The Morgan fingerprint density at radius 3 is 2.44 bits per heavy atom. The molecule has 0 aliphatic carbocycles. The standard InChI is InChI=1S/C11H13N5/c1-10(4-7-13)15-16(9-3-6-12)11(2)5-8-14/h5H,3-4,9H2,1-2H3/b11-5+,15-10+. The molecule has 0 radical (unpaired) electrons. The van der Waals surface area contributed by atoms with Crippen molar-refractivity contribution in [2.24, 2.45) is 5.10 Å². The van der Waals surface area contributed by atoms with Gasteiger partial charge >= 0.3 is 0 Å². The maximum atomic E-state index is 8.53. The third-order valence-corrected chi connectivity index (χ3v) is 1.74. The van der Waals surface area contributed by atoms with Crippen molar-refractivity contribution in [2.75, 3.05) is 6.54 Å². The molecule has 0 bridgehead atoms. The topological polar surface area (TPSA) is 87.0 Å². The molecule has 0 rings (SSSR count). The highest BCUT2D eigenvalue weighted by atomic mass is 15.5. The van der Waals surface area contributed by atoms with Gasteiger partial charge in [0, 0.05) is 17.5 Å². The number of hydrazone groups is 1. The Morgan fingerprint density at radius 2 is 1.94 bits per heavy atom. The van der Waals surface area contributed by atoms with Gasteiger partial charge in [0.05, 0.1) is 37.6 Å². The summed E-state index contributed by atoms with van der Waals surface area (Å²) < 4.78 is 0. The fraction of sp³-hybridized carbons (Fsp3) is 0.455. The van der Waals surface area contributed by atoms with E-state index >= 15 is 0 Å². The zero-order chi connectivity index (χ0) is 12.4. The summed E-state index contributed by atoms with van der Waals surface area (Å²) in [6.45, 7) is 3.90. The highest BCUT2D eigenvalue weighted by molar-refractivity contribution is 5.83. The van der Waals surface area contributed by atoms with Crippen LogP contribution in [0.15, 0.2) is 16.9 Å². The molecule has 0 aliphatic rings. The fourth-order valence-corrected chi connectivity index (χ4v) is 0.985. The molecular formula is C11H13N5. The predicted molar refractivity (Wildman–Crippen MR) is 59.6 cm³/mol. The van der Waals surface area contributed by atoms with Crippen LogP contribution in [-0.4, -0.2) is 17.3 Å². The maximum absolute atomic E-state index is 8.53. The number of hydrogen-bond acceptors (Lipinski definition) is 5. The van der Waals surface area contributed by atoms with Gasteiger partial charge in [-0.05, 0) is 13.8 Å². The van der Waals surface area contributed by atoms with Crippen LogP contribution in [0.25, 0.3) is 0 Å². The highest BCUT2D eigenvalue weighted by Gasteiger charge is 2.04. The lowest BCUT2D eigenvalue weighted by Gasteiger charge is -2.18. The third kappa shape index (κ3) is 5.42. The Kier molecular flexibility index (Phi) is 6.86. The van der Waals surface area contributed by atoms with Gasteiger partial charge in [0.2, 0.25) is 0 Å². The highest BCUT2D eigenvalue weighted by Crippen LogP contribution is 2.06. The Labute approximate surface area is 95.5 Å². The van der Waals surface area contributed by atoms with Gasteiger partial charge in [0.25, 0.3) is 0 Å². The van der Waals surface area contributed by atoms with Crippen LogP contribution in [0.5, 0.6) is 0 Å². The van der Waals surface area contributed by atoms with Crippen LogP contribution < -0.4 is 0 Å².